The second kappa shape index (κ2) is 13.2. The Morgan fingerprint density at radius 1 is 1.05 bits per heavy atom. The van der Waals surface area contributed by atoms with E-state index in [1.165, 1.54) is 12.1 Å². The van der Waals surface area contributed by atoms with Crippen LogP contribution in [-0.4, -0.2) is 48.4 Å². The van der Waals surface area contributed by atoms with Crippen LogP contribution in [0.25, 0.3) is 0 Å². The minimum absolute atomic E-state index is 0.0309. The molecule has 2 aliphatic rings. The lowest BCUT2D eigenvalue weighted by atomic mass is 9.82. The van der Waals surface area contributed by atoms with Crippen LogP contribution < -0.4 is 19.5 Å². The van der Waals surface area contributed by atoms with Crippen molar-refractivity contribution in [2.75, 3.05) is 31.8 Å². The average Bonchev–Trinajstić information content (AvgIpc) is 3.60. The summed E-state index contributed by atoms with van der Waals surface area (Å²) in [5.74, 6) is -2.44. The minimum Gasteiger partial charge on any atom is -0.494 e. The number of aryl methyl sites for hydroxylation is 2. The van der Waals surface area contributed by atoms with Gasteiger partial charge in [0.15, 0.2) is 11.5 Å². The number of rotatable bonds is 11. The maximum Gasteiger partial charge on any atom is 0.309 e. The fourth-order valence-corrected chi connectivity index (χ4v) is 6.38. The number of amides is 1. The van der Waals surface area contributed by atoms with E-state index in [4.69, 9.17) is 25.8 Å². The van der Waals surface area contributed by atoms with Crippen LogP contribution in [0.1, 0.15) is 61.4 Å². The molecule has 0 radical (unpaired) electrons. The number of ether oxygens (including phenoxy) is 3. The number of likely N-dealkylation sites (tertiary alicyclic amines) is 1. The zero-order valence-corrected chi connectivity index (χ0v) is 25.2. The van der Waals surface area contributed by atoms with Crippen molar-refractivity contribution in [3.05, 3.63) is 81.6 Å². The number of carboxylic acids is 1. The molecule has 3 atom stereocenters. The first-order chi connectivity index (χ1) is 20.7. The largest absolute Gasteiger partial charge is 0.494 e. The number of benzene rings is 3. The minimum atomic E-state index is -1.08. The first kappa shape index (κ1) is 30.6. The van der Waals surface area contributed by atoms with Crippen LogP contribution >= 0.6 is 11.6 Å². The highest BCUT2D eigenvalue weighted by Crippen LogP contribution is 2.48. The topological polar surface area (TPSA) is 97.3 Å². The Hall–Kier alpha value is -3.82. The number of nitrogens with zero attached hydrogens (tertiary/aromatic N) is 1. The lowest BCUT2D eigenvalue weighted by Crippen LogP contribution is -2.35. The maximum absolute atomic E-state index is 15.5. The Morgan fingerprint density at radius 3 is 2.30 bits per heavy atom. The van der Waals surface area contributed by atoms with E-state index in [0.717, 1.165) is 23.2 Å². The summed E-state index contributed by atoms with van der Waals surface area (Å²) >= 11 is 6.31. The highest BCUT2D eigenvalue weighted by molar-refractivity contribution is 6.30. The van der Waals surface area contributed by atoms with Gasteiger partial charge in [0.25, 0.3) is 0 Å². The highest BCUT2D eigenvalue weighted by atomic mass is 35.5. The van der Waals surface area contributed by atoms with Crippen LogP contribution in [0.15, 0.2) is 48.5 Å². The normalized spacial score (nSPS) is 19.4. The summed E-state index contributed by atoms with van der Waals surface area (Å²) < 4.78 is 32.0. The third-order valence-electron chi connectivity index (χ3n) is 8.11. The van der Waals surface area contributed by atoms with Crippen LogP contribution in [0.5, 0.6) is 17.2 Å². The fraction of sp³-hybridized carbons (Fsp3) is 0.394. The summed E-state index contributed by atoms with van der Waals surface area (Å²) in [7, 11) is 0. The molecule has 0 bridgehead atoms. The molecule has 3 aromatic rings. The van der Waals surface area contributed by atoms with Crippen molar-refractivity contribution in [3.63, 3.8) is 0 Å². The summed E-state index contributed by atoms with van der Waals surface area (Å²) in [6, 6.07) is 13.0. The van der Waals surface area contributed by atoms with Gasteiger partial charge < -0.3 is 24.6 Å². The van der Waals surface area contributed by atoms with Gasteiger partial charge in [-0.25, -0.2) is 4.39 Å². The molecule has 10 heteroatoms. The molecule has 0 aliphatic carbocycles. The summed E-state index contributed by atoms with van der Waals surface area (Å²) in [4.78, 5) is 28.3. The average molecular weight is 611 g/mol. The Labute approximate surface area is 255 Å². The molecule has 5 rings (SSSR count). The van der Waals surface area contributed by atoms with Gasteiger partial charge in [-0.2, -0.15) is 0 Å². The van der Waals surface area contributed by atoms with E-state index >= 15 is 4.39 Å². The first-order valence-electron chi connectivity index (χ1n) is 14.6. The van der Waals surface area contributed by atoms with Gasteiger partial charge in [-0.15, -0.1) is 0 Å². The van der Waals surface area contributed by atoms with E-state index in [2.05, 4.69) is 5.32 Å². The van der Waals surface area contributed by atoms with E-state index in [1.807, 2.05) is 49.9 Å². The molecule has 0 spiro atoms. The molecule has 1 fully saturated rings. The number of hydrogen-bond acceptors (Lipinski definition) is 6. The van der Waals surface area contributed by atoms with Crippen molar-refractivity contribution in [3.8, 4) is 17.2 Å². The van der Waals surface area contributed by atoms with Gasteiger partial charge >= 0.3 is 5.97 Å². The van der Waals surface area contributed by atoms with Gasteiger partial charge in [-0.3, -0.25) is 14.5 Å². The monoisotopic (exact) mass is 610 g/mol. The molecular formula is C33H36ClFN2O6. The lowest BCUT2D eigenvalue weighted by molar-refractivity contribution is -0.143. The van der Waals surface area contributed by atoms with Crippen LogP contribution in [0.3, 0.4) is 0 Å². The molecule has 228 valence electrons. The number of carboxylic acid groups (broad SMARTS) is 1. The van der Waals surface area contributed by atoms with E-state index in [1.54, 1.807) is 12.1 Å². The first-order valence-corrected chi connectivity index (χ1v) is 15.0. The van der Waals surface area contributed by atoms with Crippen molar-refractivity contribution in [2.45, 2.75) is 52.0 Å². The van der Waals surface area contributed by atoms with Crippen LogP contribution in [0.2, 0.25) is 5.02 Å². The Kier molecular flexibility index (Phi) is 9.42. The Bertz CT molecular complexity index is 1470. The molecule has 0 saturated carbocycles. The summed E-state index contributed by atoms with van der Waals surface area (Å²) in [5, 5.41) is 14.2. The third kappa shape index (κ3) is 6.43. The Morgan fingerprint density at radius 2 is 1.70 bits per heavy atom. The second-order valence-electron chi connectivity index (χ2n) is 10.8. The van der Waals surface area contributed by atoms with Crippen molar-refractivity contribution < 1.29 is 33.3 Å². The van der Waals surface area contributed by atoms with Crippen molar-refractivity contribution in [1.82, 2.24) is 4.90 Å². The smallest absolute Gasteiger partial charge is 0.309 e. The molecule has 2 aliphatic heterocycles. The quantitative estimate of drug-likeness (QED) is 0.252. The van der Waals surface area contributed by atoms with Gasteiger partial charge in [0.2, 0.25) is 12.7 Å². The molecule has 0 aromatic heterocycles. The van der Waals surface area contributed by atoms with Gasteiger partial charge in [-0.05, 0) is 71.8 Å². The summed E-state index contributed by atoms with van der Waals surface area (Å²) in [5.41, 5.74) is 3.47. The van der Waals surface area contributed by atoms with Gasteiger partial charge in [0, 0.05) is 35.3 Å². The lowest BCUT2D eigenvalue weighted by Gasteiger charge is -2.27. The van der Waals surface area contributed by atoms with Crippen LogP contribution in [-0.2, 0) is 22.4 Å². The van der Waals surface area contributed by atoms with Crippen molar-refractivity contribution in [2.24, 2.45) is 5.92 Å². The number of nitrogens with one attached hydrogen (secondary N) is 1. The number of aliphatic carboxylic acids is 1. The molecular weight excluding hydrogens is 575 g/mol. The number of carbonyl (C=O) groups excluding carboxylic acids is 1. The van der Waals surface area contributed by atoms with E-state index in [0.29, 0.717) is 41.5 Å². The van der Waals surface area contributed by atoms with E-state index in [-0.39, 0.29) is 37.1 Å². The van der Waals surface area contributed by atoms with E-state index in [9.17, 15) is 14.7 Å². The standard InChI is InChI=1S/C33H36ClFN2O6/c1-4-11-41-23-9-7-21(8-10-23)32-30(33(39)40)25(24-14-27-28(15-26(24)35)43-18-42-27)16-37(32)17-29(38)36-31-19(5-2)12-22(34)13-20(31)6-3/h7-10,12-15,25,30,32H,4-6,11,16-18H2,1-3H3,(H,36,38)(H,39,40)/t25-,30?,32+/m1/s1. The van der Waals surface area contributed by atoms with Crippen molar-refractivity contribution >= 4 is 29.2 Å². The second-order valence-corrected chi connectivity index (χ2v) is 11.3. The predicted octanol–water partition coefficient (Wildman–Crippen LogP) is 6.60. The Balaban J connectivity index is 1.50. The molecule has 2 heterocycles. The molecule has 1 unspecified atom stereocenters. The SMILES string of the molecule is CCCOc1ccc([C@H]2C(C(=O)O)[C@@H](c3cc4c(cc3F)OCO4)CN2CC(=O)Nc2c(CC)cc(Cl)cc2CC)cc1. The highest BCUT2D eigenvalue weighted by Gasteiger charge is 2.49. The number of fused-ring (bicyclic) bond motifs is 1. The fourth-order valence-electron chi connectivity index (χ4n) is 6.11. The summed E-state index contributed by atoms with van der Waals surface area (Å²) in [6.45, 7) is 6.57. The molecule has 8 nitrogen and oxygen atoms in total. The zero-order chi connectivity index (χ0) is 30.7. The maximum atomic E-state index is 15.5. The number of anilines is 1. The van der Waals surface area contributed by atoms with Crippen LogP contribution in [0, 0.1) is 11.7 Å². The third-order valence-corrected chi connectivity index (χ3v) is 8.33. The molecule has 1 saturated heterocycles. The molecule has 2 N–H and O–H groups in total. The van der Waals surface area contributed by atoms with Gasteiger partial charge in [0.05, 0.1) is 19.1 Å². The van der Waals surface area contributed by atoms with Crippen molar-refractivity contribution in [1.29, 1.82) is 0 Å². The van der Waals surface area contributed by atoms with Gasteiger partial charge in [0.1, 0.15) is 11.6 Å². The van der Waals surface area contributed by atoms with E-state index < -0.39 is 29.7 Å². The predicted molar refractivity (Wildman–Crippen MR) is 162 cm³/mol. The number of carbonyl (C=O) groups is 2. The zero-order valence-electron chi connectivity index (χ0n) is 24.5. The number of halogens is 2. The molecule has 43 heavy (non-hydrogen) atoms. The van der Waals surface area contributed by atoms with Gasteiger partial charge in [-0.1, -0.05) is 44.5 Å². The molecule has 3 aromatic carbocycles. The van der Waals surface area contributed by atoms with Crippen LogP contribution in [0.4, 0.5) is 10.1 Å². The summed E-state index contributed by atoms with van der Waals surface area (Å²) in [6.07, 6.45) is 2.20. The molecule has 1 amide bonds. The number of hydrogen-bond donors (Lipinski definition) is 2.